The van der Waals surface area contributed by atoms with E-state index in [0.29, 0.717) is 12.5 Å². The van der Waals surface area contributed by atoms with E-state index >= 15 is 0 Å². The first-order valence-corrected chi connectivity index (χ1v) is 6.86. The van der Waals surface area contributed by atoms with Crippen molar-refractivity contribution < 1.29 is 5.11 Å². The van der Waals surface area contributed by atoms with Crippen molar-refractivity contribution in [3.05, 3.63) is 12.2 Å². The third kappa shape index (κ3) is 2.05. The van der Waals surface area contributed by atoms with Crippen LogP contribution in [-0.2, 0) is 0 Å². The van der Waals surface area contributed by atoms with Gasteiger partial charge in [-0.25, -0.2) is 0 Å². The molecule has 2 aliphatic carbocycles. The molecular formula is C14H23NO. The Bertz CT molecular complexity index is 276. The van der Waals surface area contributed by atoms with E-state index in [0.717, 1.165) is 24.3 Å². The van der Waals surface area contributed by atoms with Crippen LogP contribution in [0.1, 0.15) is 25.7 Å². The van der Waals surface area contributed by atoms with Gasteiger partial charge in [-0.05, 0) is 55.9 Å². The van der Waals surface area contributed by atoms with Crippen LogP contribution >= 0.6 is 0 Å². The van der Waals surface area contributed by atoms with Crippen LogP contribution in [0.3, 0.4) is 0 Å². The highest BCUT2D eigenvalue weighted by atomic mass is 16.3. The normalized spacial score (nSPS) is 43.1. The highest BCUT2D eigenvalue weighted by molar-refractivity contribution is 5.10. The predicted molar refractivity (Wildman–Crippen MR) is 65.1 cm³/mol. The smallest absolute Gasteiger partial charge is 0.0471 e. The summed E-state index contributed by atoms with van der Waals surface area (Å²) in [5, 5.41) is 9.24. The van der Waals surface area contributed by atoms with Crippen molar-refractivity contribution in [2.45, 2.75) is 25.7 Å². The van der Waals surface area contributed by atoms with Gasteiger partial charge in [0.1, 0.15) is 0 Å². The van der Waals surface area contributed by atoms with E-state index in [1.807, 2.05) is 0 Å². The lowest BCUT2D eigenvalue weighted by molar-refractivity contribution is 0.104. The number of likely N-dealkylation sites (tertiary alicyclic amines) is 1. The Morgan fingerprint density at radius 3 is 2.88 bits per heavy atom. The Kier molecular flexibility index (Phi) is 3.03. The first-order valence-electron chi connectivity index (χ1n) is 6.86. The van der Waals surface area contributed by atoms with Crippen molar-refractivity contribution in [1.82, 2.24) is 4.90 Å². The van der Waals surface area contributed by atoms with E-state index in [1.165, 1.54) is 38.8 Å². The standard InChI is InChI=1S/C14H23NO/c16-10-12-2-1-5-15(8-12)9-14-7-11-3-4-13(14)6-11/h3-4,11-14,16H,1-2,5-10H2/t11-,12+,13-,14+/m0/s1. The molecule has 1 aliphatic heterocycles. The maximum Gasteiger partial charge on any atom is 0.0471 e. The topological polar surface area (TPSA) is 23.5 Å². The second kappa shape index (κ2) is 4.50. The number of hydrogen-bond donors (Lipinski definition) is 1. The van der Waals surface area contributed by atoms with Gasteiger partial charge < -0.3 is 10.0 Å². The van der Waals surface area contributed by atoms with Crippen molar-refractivity contribution in [1.29, 1.82) is 0 Å². The van der Waals surface area contributed by atoms with Crippen LogP contribution in [0.4, 0.5) is 0 Å². The second-order valence-electron chi connectivity index (χ2n) is 5.99. The molecule has 1 saturated heterocycles. The lowest BCUT2D eigenvalue weighted by Crippen LogP contribution is -2.40. The van der Waals surface area contributed by atoms with E-state index in [-0.39, 0.29) is 0 Å². The maximum absolute atomic E-state index is 9.24. The molecule has 2 heteroatoms. The molecule has 0 spiro atoms. The summed E-state index contributed by atoms with van der Waals surface area (Å²) < 4.78 is 0. The lowest BCUT2D eigenvalue weighted by atomic mass is 9.91. The number of nitrogens with zero attached hydrogens (tertiary/aromatic N) is 1. The molecule has 0 radical (unpaired) electrons. The summed E-state index contributed by atoms with van der Waals surface area (Å²) in [6.45, 7) is 4.05. The molecule has 2 fully saturated rings. The van der Waals surface area contributed by atoms with Gasteiger partial charge in [-0.1, -0.05) is 12.2 Å². The maximum atomic E-state index is 9.24. The Morgan fingerprint density at radius 1 is 1.25 bits per heavy atom. The summed E-state index contributed by atoms with van der Waals surface area (Å²) in [6.07, 6.45) is 10.2. The Morgan fingerprint density at radius 2 is 2.19 bits per heavy atom. The number of hydrogen-bond acceptors (Lipinski definition) is 2. The molecule has 0 aromatic heterocycles. The average molecular weight is 221 g/mol. The fourth-order valence-corrected chi connectivity index (χ4v) is 3.90. The third-order valence-corrected chi connectivity index (χ3v) is 4.77. The third-order valence-electron chi connectivity index (χ3n) is 4.77. The monoisotopic (exact) mass is 221 g/mol. The first kappa shape index (κ1) is 10.8. The molecule has 3 rings (SSSR count). The van der Waals surface area contributed by atoms with E-state index < -0.39 is 0 Å². The van der Waals surface area contributed by atoms with Gasteiger partial charge in [-0.2, -0.15) is 0 Å². The van der Waals surface area contributed by atoms with Crippen LogP contribution in [-0.4, -0.2) is 36.2 Å². The molecule has 2 bridgehead atoms. The molecule has 0 unspecified atom stereocenters. The molecule has 4 atom stereocenters. The van der Waals surface area contributed by atoms with Gasteiger partial charge in [0.25, 0.3) is 0 Å². The molecule has 0 amide bonds. The van der Waals surface area contributed by atoms with Gasteiger partial charge in [0, 0.05) is 19.7 Å². The van der Waals surface area contributed by atoms with Crippen LogP contribution in [0.2, 0.25) is 0 Å². The minimum absolute atomic E-state index is 0.382. The van der Waals surface area contributed by atoms with Gasteiger partial charge in [0.05, 0.1) is 0 Å². The van der Waals surface area contributed by atoms with Crippen LogP contribution < -0.4 is 0 Å². The van der Waals surface area contributed by atoms with Crippen molar-refractivity contribution in [2.75, 3.05) is 26.2 Å². The molecule has 1 saturated carbocycles. The van der Waals surface area contributed by atoms with Gasteiger partial charge in [0.15, 0.2) is 0 Å². The fourth-order valence-electron chi connectivity index (χ4n) is 3.90. The Labute approximate surface area is 98.3 Å². The lowest BCUT2D eigenvalue weighted by Gasteiger charge is -2.34. The van der Waals surface area contributed by atoms with E-state index in [2.05, 4.69) is 17.1 Å². The van der Waals surface area contributed by atoms with Crippen molar-refractivity contribution >= 4 is 0 Å². The molecule has 1 heterocycles. The number of aliphatic hydroxyl groups is 1. The van der Waals surface area contributed by atoms with Crippen LogP contribution in [0.5, 0.6) is 0 Å². The summed E-state index contributed by atoms with van der Waals surface area (Å²) in [6, 6.07) is 0. The largest absolute Gasteiger partial charge is 0.396 e. The molecule has 2 nitrogen and oxygen atoms in total. The van der Waals surface area contributed by atoms with E-state index in [9.17, 15) is 5.11 Å². The van der Waals surface area contributed by atoms with Gasteiger partial charge >= 0.3 is 0 Å². The van der Waals surface area contributed by atoms with Crippen LogP contribution in [0, 0.1) is 23.7 Å². The van der Waals surface area contributed by atoms with Crippen molar-refractivity contribution in [3.8, 4) is 0 Å². The molecule has 3 aliphatic rings. The quantitative estimate of drug-likeness (QED) is 0.736. The fraction of sp³-hybridized carbons (Fsp3) is 0.857. The zero-order chi connectivity index (χ0) is 11.0. The molecular weight excluding hydrogens is 198 g/mol. The number of aliphatic hydroxyl groups excluding tert-OH is 1. The van der Waals surface area contributed by atoms with Gasteiger partial charge in [0.2, 0.25) is 0 Å². The highest BCUT2D eigenvalue weighted by Gasteiger charge is 2.36. The molecule has 0 aromatic rings. The van der Waals surface area contributed by atoms with Crippen LogP contribution in [0.25, 0.3) is 0 Å². The number of fused-ring (bicyclic) bond motifs is 2. The predicted octanol–water partition coefficient (Wildman–Crippen LogP) is 1.90. The minimum atomic E-state index is 0.382. The zero-order valence-electron chi connectivity index (χ0n) is 10.0. The highest BCUT2D eigenvalue weighted by Crippen LogP contribution is 2.43. The molecule has 90 valence electrons. The van der Waals surface area contributed by atoms with Gasteiger partial charge in [-0.3, -0.25) is 0 Å². The van der Waals surface area contributed by atoms with Crippen LogP contribution in [0.15, 0.2) is 12.2 Å². The summed E-state index contributed by atoms with van der Waals surface area (Å²) in [5.74, 6) is 3.23. The van der Waals surface area contributed by atoms with Gasteiger partial charge in [-0.15, -0.1) is 0 Å². The zero-order valence-corrected chi connectivity index (χ0v) is 10.0. The SMILES string of the molecule is OC[C@@H]1CCCN(C[C@H]2C[C@H]3C=C[C@H]2C3)C1. The molecule has 0 aromatic carbocycles. The Hall–Kier alpha value is -0.340. The number of piperidine rings is 1. The summed E-state index contributed by atoms with van der Waals surface area (Å²) in [4.78, 5) is 2.60. The van der Waals surface area contributed by atoms with E-state index in [1.54, 1.807) is 0 Å². The van der Waals surface area contributed by atoms with Crippen molar-refractivity contribution in [3.63, 3.8) is 0 Å². The minimum Gasteiger partial charge on any atom is -0.396 e. The average Bonchev–Trinajstić information content (AvgIpc) is 2.91. The first-order chi connectivity index (χ1) is 7.85. The number of allylic oxidation sites excluding steroid dienone is 2. The Balaban J connectivity index is 1.53. The van der Waals surface area contributed by atoms with Crippen molar-refractivity contribution in [2.24, 2.45) is 23.7 Å². The summed E-state index contributed by atoms with van der Waals surface area (Å²) in [5.41, 5.74) is 0. The summed E-state index contributed by atoms with van der Waals surface area (Å²) in [7, 11) is 0. The van der Waals surface area contributed by atoms with E-state index in [4.69, 9.17) is 0 Å². The number of rotatable bonds is 3. The molecule has 1 N–H and O–H groups in total. The summed E-state index contributed by atoms with van der Waals surface area (Å²) >= 11 is 0. The second-order valence-corrected chi connectivity index (χ2v) is 5.99. The molecule has 16 heavy (non-hydrogen) atoms.